The lowest BCUT2D eigenvalue weighted by Gasteiger charge is -2.25. The fourth-order valence-electron chi connectivity index (χ4n) is 3.02. The fraction of sp³-hybridized carbons (Fsp3) is 0.800. The highest BCUT2D eigenvalue weighted by Crippen LogP contribution is 2.31. The van der Waals surface area contributed by atoms with E-state index in [4.69, 9.17) is 0 Å². The molecule has 0 spiro atoms. The van der Waals surface area contributed by atoms with Gasteiger partial charge in [0.05, 0.1) is 6.20 Å². The van der Waals surface area contributed by atoms with Gasteiger partial charge in [-0.3, -0.25) is 4.68 Å². The second-order valence-electron chi connectivity index (χ2n) is 5.43. The number of aryl methyl sites for hydroxylation is 1. The van der Waals surface area contributed by atoms with Gasteiger partial charge < -0.3 is 5.32 Å². The summed E-state index contributed by atoms with van der Waals surface area (Å²) >= 11 is 0. The van der Waals surface area contributed by atoms with E-state index < -0.39 is 0 Å². The van der Waals surface area contributed by atoms with Crippen molar-refractivity contribution < 1.29 is 0 Å². The van der Waals surface area contributed by atoms with Crippen molar-refractivity contribution in [1.29, 1.82) is 0 Å². The van der Waals surface area contributed by atoms with Crippen LogP contribution in [0.4, 0.5) is 0 Å². The maximum Gasteiger partial charge on any atom is 0.0525 e. The van der Waals surface area contributed by atoms with Crippen LogP contribution in [-0.2, 0) is 6.54 Å². The summed E-state index contributed by atoms with van der Waals surface area (Å²) in [4.78, 5) is 0. The summed E-state index contributed by atoms with van der Waals surface area (Å²) in [5.74, 6) is 0.666. The van der Waals surface area contributed by atoms with Gasteiger partial charge in [-0.2, -0.15) is 5.10 Å². The van der Waals surface area contributed by atoms with Crippen LogP contribution < -0.4 is 5.32 Å². The Morgan fingerprint density at radius 2 is 2.11 bits per heavy atom. The number of nitrogens with one attached hydrogen (secondary N) is 1. The second-order valence-corrected chi connectivity index (χ2v) is 5.43. The molecule has 0 saturated heterocycles. The number of rotatable bonds is 5. The molecule has 3 nitrogen and oxygen atoms in total. The second kappa shape index (κ2) is 6.93. The highest BCUT2D eigenvalue weighted by atomic mass is 15.3. The predicted octanol–water partition coefficient (Wildman–Crippen LogP) is 3.32. The molecule has 102 valence electrons. The minimum Gasteiger partial charge on any atom is -0.313 e. The summed E-state index contributed by atoms with van der Waals surface area (Å²) in [6.45, 7) is 6.51. The summed E-state index contributed by atoms with van der Waals surface area (Å²) in [5.41, 5.74) is 1.44. The number of hydrogen-bond acceptors (Lipinski definition) is 2. The molecule has 0 aromatic carbocycles. The standard InChI is InChI=1S/C15H27N3/c1-3-10-16-15-9-7-5-6-8-14(15)13-11-17-18(4-2)12-13/h11-12,14-16H,3-10H2,1-2H3. The maximum atomic E-state index is 4.44. The highest BCUT2D eigenvalue weighted by Gasteiger charge is 2.25. The molecular formula is C15H27N3. The average Bonchev–Trinajstić information content (AvgIpc) is 2.75. The Balaban J connectivity index is 2.08. The smallest absolute Gasteiger partial charge is 0.0525 e. The Hall–Kier alpha value is -0.830. The van der Waals surface area contributed by atoms with E-state index >= 15 is 0 Å². The predicted molar refractivity (Wildman–Crippen MR) is 75.8 cm³/mol. The van der Waals surface area contributed by atoms with Crippen molar-refractivity contribution in [3.8, 4) is 0 Å². The van der Waals surface area contributed by atoms with Gasteiger partial charge in [0.1, 0.15) is 0 Å². The summed E-state index contributed by atoms with van der Waals surface area (Å²) < 4.78 is 2.05. The SMILES string of the molecule is CCCNC1CCCCCC1c1cnn(CC)c1. The lowest BCUT2D eigenvalue weighted by Crippen LogP contribution is -2.34. The zero-order chi connectivity index (χ0) is 12.8. The Kier molecular flexibility index (Phi) is 5.24. The van der Waals surface area contributed by atoms with Crippen molar-refractivity contribution in [2.75, 3.05) is 6.54 Å². The molecule has 2 rings (SSSR count). The lowest BCUT2D eigenvalue weighted by atomic mass is 9.89. The van der Waals surface area contributed by atoms with Crippen molar-refractivity contribution in [3.63, 3.8) is 0 Å². The Bertz CT molecular complexity index is 345. The molecule has 0 amide bonds. The molecule has 0 aliphatic heterocycles. The van der Waals surface area contributed by atoms with Gasteiger partial charge in [-0.1, -0.05) is 26.2 Å². The van der Waals surface area contributed by atoms with E-state index in [-0.39, 0.29) is 0 Å². The average molecular weight is 249 g/mol. The van der Waals surface area contributed by atoms with Crippen LogP contribution in [-0.4, -0.2) is 22.4 Å². The molecule has 1 saturated carbocycles. The maximum absolute atomic E-state index is 4.44. The topological polar surface area (TPSA) is 29.9 Å². The van der Waals surface area contributed by atoms with Gasteiger partial charge in [-0.05, 0) is 38.3 Å². The normalized spacial score (nSPS) is 25.0. The molecule has 3 heteroatoms. The first-order valence-corrected chi connectivity index (χ1v) is 7.60. The van der Waals surface area contributed by atoms with Crippen LogP contribution in [0.2, 0.25) is 0 Å². The number of nitrogens with zero attached hydrogens (tertiary/aromatic N) is 2. The molecule has 2 unspecified atom stereocenters. The van der Waals surface area contributed by atoms with Crippen molar-refractivity contribution in [3.05, 3.63) is 18.0 Å². The summed E-state index contributed by atoms with van der Waals surface area (Å²) in [6.07, 6.45) is 12.3. The van der Waals surface area contributed by atoms with Crippen molar-refractivity contribution in [2.45, 2.75) is 70.9 Å². The summed E-state index contributed by atoms with van der Waals surface area (Å²) in [6, 6.07) is 0.655. The van der Waals surface area contributed by atoms with Gasteiger partial charge in [-0.25, -0.2) is 0 Å². The molecular weight excluding hydrogens is 222 g/mol. The molecule has 1 aliphatic carbocycles. The Labute approximate surface area is 111 Å². The number of hydrogen-bond donors (Lipinski definition) is 1. The minimum absolute atomic E-state index is 0.655. The van der Waals surface area contributed by atoms with Crippen LogP contribution in [0.1, 0.15) is 63.9 Å². The molecule has 1 fully saturated rings. The molecule has 1 aromatic heterocycles. The highest BCUT2D eigenvalue weighted by molar-refractivity contribution is 5.15. The van der Waals surface area contributed by atoms with E-state index in [1.54, 1.807) is 0 Å². The van der Waals surface area contributed by atoms with Crippen molar-refractivity contribution >= 4 is 0 Å². The molecule has 1 heterocycles. The first-order valence-electron chi connectivity index (χ1n) is 7.60. The number of aromatic nitrogens is 2. The summed E-state index contributed by atoms with van der Waals surface area (Å²) in [7, 11) is 0. The van der Waals surface area contributed by atoms with Gasteiger partial charge in [0.25, 0.3) is 0 Å². The first-order chi connectivity index (χ1) is 8.85. The van der Waals surface area contributed by atoms with Gasteiger partial charge in [0, 0.05) is 24.7 Å². The van der Waals surface area contributed by atoms with E-state index in [0.29, 0.717) is 12.0 Å². The molecule has 1 N–H and O–H groups in total. The molecule has 1 aliphatic rings. The van der Waals surface area contributed by atoms with E-state index in [2.05, 4.69) is 41.3 Å². The zero-order valence-electron chi connectivity index (χ0n) is 11.9. The summed E-state index contributed by atoms with van der Waals surface area (Å²) in [5, 5.41) is 8.19. The van der Waals surface area contributed by atoms with Crippen molar-refractivity contribution in [1.82, 2.24) is 15.1 Å². The van der Waals surface area contributed by atoms with Gasteiger partial charge in [0.2, 0.25) is 0 Å². The third-order valence-corrected chi connectivity index (χ3v) is 4.08. The molecule has 0 bridgehead atoms. The van der Waals surface area contributed by atoms with Crippen molar-refractivity contribution in [2.24, 2.45) is 0 Å². The lowest BCUT2D eigenvalue weighted by molar-refractivity contribution is 0.410. The minimum atomic E-state index is 0.655. The van der Waals surface area contributed by atoms with Gasteiger partial charge >= 0.3 is 0 Å². The Morgan fingerprint density at radius 1 is 1.28 bits per heavy atom. The van der Waals surface area contributed by atoms with E-state index in [1.807, 2.05) is 0 Å². The molecule has 0 radical (unpaired) electrons. The quantitative estimate of drug-likeness (QED) is 0.811. The van der Waals surface area contributed by atoms with Crippen LogP contribution in [0.3, 0.4) is 0 Å². The van der Waals surface area contributed by atoms with Crippen LogP contribution in [0.25, 0.3) is 0 Å². The van der Waals surface area contributed by atoms with Crippen LogP contribution in [0.15, 0.2) is 12.4 Å². The zero-order valence-corrected chi connectivity index (χ0v) is 11.9. The molecule has 1 aromatic rings. The van der Waals surface area contributed by atoms with Crippen LogP contribution in [0, 0.1) is 0 Å². The van der Waals surface area contributed by atoms with E-state index in [0.717, 1.165) is 13.1 Å². The third-order valence-electron chi connectivity index (χ3n) is 4.08. The largest absolute Gasteiger partial charge is 0.313 e. The Morgan fingerprint density at radius 3 is 2.83 bits per heavy atom. The van der Waals surface area contributed by atoms with Gasteiger partial charge in [0.15, 0.2) is 0 Å². The molecule has 18 heavy (non-hydrogen) atoms. The monoisotopic (exact) mass is 249 g/mol. The van der Waals surface area contributed by atoms with Gasteiger partial charge in [-0.15, -0.1) is 0 Å². The third kappa shape index (κ3) is 3.35. The van der Waals surface area contributed by atoms with Crippen LogP contribution in [0.5, 0.6) is 0 Å². The molecule has 2 atom stereocenters. The van der Waals surface area contributed by atoms with E-state index in [9.17, 15) is 0 Å². The first kappa shape index (κ1) is 13.6. The van der Waals surface area contributed by atoms with E-state index in [1.165, 1.54) is 44.1 Å². The fourth-order valence-corrected chi connectivity index (χ4v) is 3.02. The van der Waals surface area contributed by atoms with Crippen LogP contribution >= 0.6 is 0 Å².